The SMILES string of the molecule is CC1CC(C)(C)C(O)=C(C(=O)CS)C1=O. The minimum Gasteiger partial charge on any atom is -0.511 e. The normalized spacial score (nSPS) is 25.6. The second kappa shape index (κ2) is 4.00. The van der Waals surface area contributed by atoms with Crippen LogP contribution in [0.2, 0.25) is 0 Å². The van der Waals surface area contributed by atoms with Crippen LogP contribution in [0.5, 0.6) is 0 Å². The molecule has 0 saturated heterocycles. The average Bonchev–Trinajstić information content (AvgIpc) is 2.14. The summed E-state index contributed by atoms with van der Waals surface area (Å²) in [6, 6.07) is 0. The fraction of sp³-hybridized carbons (Fsp3) is 0.636. The van der Waals surface area contributed by atoms with Gasteiger partial charge in [-0.15, -0.1) is 0 Å². The van der Waals surface area contributed by atoms with Crippen molar-refractivity contribution >= 4 is 24.2 Å². The number of ketones is 2. The molecule has 3 nitrogen and oxygen atoms in total. The van der Waals surface area contributed by atoms with Crippen LogP contribution in [0, 0.1) is 11.3 Å². The van der Waals surface area contributed by atoms with Crippen LogP contribution in [0.1, 0.15) is 27.2 Å². The van der Waals surface area contributed by atoms with Crippen molar-refractivity contribution in [3.63, 3.8) is 0 Å². The summed E-state index contributed by atoms with van der Waals surface area (Å²) in [7, 11) is 0. The van der Waals surface area contributed by atoms with E-state index in [4.69, 9.17) is 0 Å². The molecular formula is C11H16O3S. The lowest BCUT2D eigenvalue weighted by Gasteiger charge is -2.33. The maximum atomic E-state index is 11.8. The number of aliphatic hydroxyl groups is 1. The summed E-state index contributed by atoms with van der Waals surface area (Å²) in [5, 5.41) is 9.89. The van der Waals surface area contributed by atoms with Crippen LogP contribution in [0.25, 0.3) is 0 Å². The smallest absolute Gasteiger partial charge is 0.179 e. The number of carbonyl (C=O) groups excluding carboxylic acids is 2. The minimum absolute atomic E-state index is 0.0475. The van der Waals surface area contributed by atoms with Gasteiger partial charge in [0, 0.05) is 11.3 Å². The lowest BCUT2D eigenvalue weighted by Crippen LogP contribution is -2.35. The molecule has 15 heavy (non-hydrogen) atoms. The molecule has 0 aromatic heterocycles. The number of thiol groups is 1. The van der Waals surface area contributed by atoms with E-state index in [1.54, 1.807) is 6.92 Å². The minimum atomic E-state index is -0.499. The van der Waals surface area contributed by atoms with Crippen molar-refractivity contribution in [1.29, 1.82) is 0 Å². The lowest BCUT2D eigenvalue weighted by molar-refractivity contribution is -0.124. The Morgan fingerprint density at radius 3 is 2.60 bits per heavy atom. The molecular weight excluding hydrogens is 212 g/mol. The largest absolute Gasteiger partial charge is 0.511 e. The second-order valence-corrected chi connectivity index (χ2v) is 4.97. The Kier molecular flexibility index (Phi) is 3.28. The Hall–Kier alpha value is -0.770. The van der Waals surface area contributed by atoms with Gasteiger partial charge < -0.3 is 5.11 Å². The van der Waals surface area contributed by atoms with Gasteiger partial charge in [-0.05, 0) is 6.42 Å². The number of allylic oxidation sites excluding steroid dienone is 2. The standard InChI is InChI=1S/C11H16O3S/c1-6-4-11(2,3)10(14)8(9(6)13)7(12)5-15/h6,14-15H,4-5H2,1-3H3. The first-order valence-corrected chi connectivity index (χ1v) is 5.56. The van der Waals surface area contributed by atoms with Crippen molar-refractivity contribution < 1.29 is 14.7 Å². The highest BCUT2D eigenvalue weighted by atomic mass is 32.1. The van der Waals surface area contributed by atoms with Crippen molar-refractivity contribution in [3.05, 3.63) is 11.3 Å². The Morgan fingerprint density at radius 1 is 1.60 bits per heavy atom. The summed E-state index contributed by atoms with van der Waals surface area (Å²) >= 11 is 3.85. The zero-order valence-electron chi connectivity index (χ0n) is 9.20. The lowest BCUT2D eigenvalue weighted by atomic mass is 9.71. The van der Waals surface area contributed by atoms with Crippen LogP contribution in [-0.4, -0.2) is 22.4 Å². The van der Waals surface area contributed by atoms with E-state index in [9.17, 15) is 14.7 Å². The molecule has 1 N–H and O–H groups in total. The second-order valence-electron chi connectivity index (χ2n) is 4.66. The number of hydrogen-bond acceptors (Lipinski definition) is 4. The Morgan fingerprint density at radius 2 is 2.13 bits per heavy atom. The molecule has 0 fully saturated rings. The third-order valence-corrected chi connectivity index (χ3v) is 3.10. The van der Waals surface area contributed by atoms with Crippen molar-refractivity contribution in [3.8, 4) is 0 Å². The van der Waals surface area contributed by atoms with Crippen LogP contribution in [0.4, 0.5) is 0 Å². The molecule has 0 aliphatic heterocycles. The molecule has 0 aromatic carbocycles. The van der Waals surface area contributed by atoms with Crippen LogP contribution in [0.15, 0.2) is 11.3 Å². The summed E-state index contributed by atoms with van der Waals surface area (Å²) in [4.78, 5) is 23.3. The third-order valence-electron chi connectivity index (χ3n) is 2.81. The zero-order valence-corrected chi connectivity index (χ0v) is 10.1. The van der Waals surface area contributed by atoms with E-state index in [0.29, 0.717) is 6.42 Å². The molecule has 0 amide bonds. The van der Waals surface area contributed by atoms with Crippen molar-refractivity contribution in [2.45, 2.75) is 27.2 Å². The molecule has 1 unspecified atom stereocenters. The number of aliphatic hydroxyl groups excluding tert-OH is 1. The number of hydrogen-bond donors (Lipinski definition) is 2. The zero-order chi connectivity index (χ0) is 11.8. The first-order valence-electron chi connectivity index (χ1n) is 4.93. The third kappa shape index (κ3) is 2.09. The van der Waals surface area contributed by atoms with E-state index >= 15 is 0 Å². The molecule has 1 aliphatic carbocycles. The predicted molar refractivity (Wildman–Crippen MR) is 61.1 cm³/mol. The Labute approximate surface area is 95.0 Å². The van der Waals surface area contributed by atoms with Gasteiger partial charge in [-0.2, -0.15) is 12.6 Å². The van der Waals surface area contributed by atoms with Crippen LogP contribution >= 0.6 is 12.6 Å². The molecule has 1 aliphatic rings. The predicted octanol–water partition coefficient (Wildman–Crippen LogP) is 1.93. The summed E-state index contributed by atoms with van der Waals surface area (Å²) in [5.74, 6) is -0.987. The van der Waals surface area contributed by atoms with Gasteiger partial charge in [-0.3, -0.25) is 9.59 Å². The van der Waals surface area contributed by atoms with Gasteiger partial charge >= 0.3 is 0 Å². The maximum Gasteiger partial charge on any atom is 0.179 e. The molecule has 0 spiro atoms. The number of rotatable bonds is 2. The van der Waals surface area contributed by atoms with Gasteiger partial charge in [0.25, 0.3) is 0 Å². The maximum absolute atomic E-state index is 11.8. The van der Waals surface area contributed by atoms with Gasteiger partial charge in [0.2, 0.25) is 0 Å². The van der Waals surface area contributed by atoms with Crippen molar-refractivity contribution in [2.75, 3.05) is 5.75 Å². The van der Waals surface area contributed by atoms with Gasteiger partial charge in [-0.25, -0.2) is 0 Å². The fourth-order valence-electron chi connectivity index (χ4n) is 2.00. The molecule has 84 valence electrons. The number of carbonyl (C=O) groups is 2. The monoisotopic (exact) mass is 228 g/mol. The Balaban J connectivity index is 3.27. The van der Waals surface area contributed by atoms with E-state index in [0.717, 1.165) is 0 Å². The molecule has 0 radical (unpaired) electrons. The highest BCUT2D eigenvalue weighted by Gasteiger charge is 2.40. The summed E-state index contributed by atoms with van der Waals surface area (Å²) in [6.07, 6.45) is 0.570. The topological polar surface area (TPSA) is 54.4 Å². The van der Waals surface area contributed by atoms with Gasteiger partial charge in [-0.1, -0.05) is 20.8 Å². The molecule has 0 bridgehead atoms. The quantitative estimate of drug-likeness (QED) is 0.561. The molecule has 0 heterocycles. The van der Waals surface area contributed by atoms with Crippen LogP contribution in [0.3, 0.4) is 0 Å². The first-order chi connectivity index (χ1) is 6.81. The van der Waals surface area contributed by atoms with E-state index < -0.39 is 5.41 Å². The van der Waals surface area contributed by atoms with E-state index in [2.05, 4.69) is 12.6 Å². The van der Waals surface area contributed by atoms with E-state index in [1.165, 1.54) is 0 Å². The van der Waals surface area contributed by atoms with Crippen LogP contribution in [-0.2, 0) is 9.59 Å². The summed E-state index contributed by atoms with van der Waals surface area (Å²) < 4.78 is 0. The van der Waals surface area contributed by atoms with Gasteiger partial charge in [0.05, 0.1) is 11.3 Å². The van der Waals surface area contributed by atoms with Crippen molar-refractivity contribution in [2.24, 2.45) is 11.3 Å². The molecule has 1 atom stereocenters. The molecule has 4 heteroatoms. The average molecular weight is 228 g/mol. The molecule has 1 rings (SSSR count). The van der Waals surface area contributed by atoms with Crippen LogP contribution < -0.4 is 0 Å². The molecule has 0 saturated carbocycles. The highest BCUT2D eigenvalue weighted by Crippen LogP contribution is 2.40. The van der Waals surface area contributed by atoms with Crippen molar-refractivity contribution in [1.82, 2.24) is 0 Å². The summed E-state index contributed by atoms with van der Waals surface area (Å²) in [5.41, 5.74) is -0.546. The first kappa shape index (κ1) is 12.3. The summed E-state index contributed by atoms with van der Waals surface area (Å²) in [6.45, 7) is 5.44. The highest BCUT2D eigenvalue weighted by molar-refractivity contribution is 7.81. The van der Waals surface area contributed by atoms with Gasteiger partial charge in [0.1, 0.15) is 5.76 Å². The Bertz CT molecular complexity index is 342. The van der Waals surface area contributed by atoms with Gasteiger partial charge in [0.15, 0.2) is 11.6 Å². The van der Waals surface area contributed by atoms with E-state index in [-0.39, 0.29) is 34.6 Å². The van der Waals surface area contributed by atoms with E-state index in [1.807, 2.05) is 13.8 Å². The molecule has 0 aromatic rings. The fourth-order valence-corrected chi connectivity index (χ4v) is 2.16. The number of Topliss-reactive ketones (excluding diaryl/α,β-unsaturated/α-hetero) is 2.